The van der Waals surface area contributed by atoms with Crippen LogP contribution in [-0.4, -0.2) is 30.6 Å². The zero-order valence-electron chi connectivity index (χ0n) is 13.8. The van der Waals surface area contributed by atoms with E-state index in [0.29, 0.717) is 13.1 Å². The molecule has 2 aromatic rings. The Morgan fingerprint density at radius 2 is 1.83 bits per heavy atom. The first-order valence-corrected chi connectivity index (χ1v) is 8.59. The molecule has 0 saturated carbocycles. The van der Waals surface area contributed by atoms with E-state index < -0.39 is 0 Å². The number of pyridine rings is 1. The van der Waals surface area contributed by atoms with Gasteiger partial charge >= 0.3 is 6.03 Å². The van der Waals surface area contributed by atoms with Gasteiger partial charge in [0, 0.05) is 31.7 Å². The average molecular weight is 324 g/mol. The Morgan fingerprint density at radius 3 is 2.67 bits per heavy atom. The molecule has 5 nitrogen and oxygen atoms in total. The van der Waals surface area contributed by atoms with Crippen molar-refractivity contribution in [3.05, 3.63) is 59.3 Å². The number of urea groups is 1. The van der Waals surface area contributed by atoms with Crippen molar-refractivity contribution in [3.8, 4) is 0 Å². The Morgan fingerprint density at radius 1 is 1.04 bits per heavy atom. The van der Waals surface area contributed by atoms with E-state index in [4.69, 9.17) is 0 Å². The lowest BCUT2D eigenvalue weighted by atomic mass is 10.1. The van der Waals surface area contributed by atoms with Gasteiger partial charge in [-0.2, -0.15) is 0 Å². The van der Waals surface area contributed by atoms with Crippen LogP contribution < -0.4 is 16.0 Å². The van der Waals surface area contributed by atoms with Gasteiger partial charge in [-0.3, -0.25) is 0 Å². The molecule has 2 heterocycles. The summed E-state index contributed by atoms with van der Waals surface area (Å²) < 4.78 is 0. The Bertz CT molecular complexity index is 672. The van der Waals surface area contributed by atoms with Crippen molar-refractivity contribution >= 4 is 11.8 Å². The molecule has 0 atom stereocenters. The predicted molar refractivity (Wildman–Crippen MR) is 96.3 cm³/mol. The van der Waals surface area contributed by atoms with Gasteiger partial charge in [-0.1, -0.05) is 36.4 Å². The van der Waals surface area contributed by atoms with Crippen molar-refractivity contribution < 1.29 is 4.79 Å². The summed E-state index contributed by atoms with van der Waals surface area (Å²) in [6.45, 7) is 2.21. The minimum absolute atomic E-state index is 0.123. The van der Waals surface area contributed by atoms with Crippen molar-refractivity contribution in [2.45, 2.75) is 25.7 Å². The fraction of sp³-hybridized carbons (Fsp3) is 0.368. The SMILES string of the molecule is O=C(NCCc1ccccc1)NCCc1ccc2c(n1)NCCC2. The van der Waals surface area contributed by atoms with E-state index >= 15 is 0 Å². The number of aryl methyl sites for hydroxylation is 1. The monoisotopic (exact) mass is 324 g/mol. The molecule has 5 heteroatoms. The molecule has 0 bridgehead atoms. The van der Waals surface area contributed by atoms with Crippen LogP contribution in [0.4, 0.5) is 10.6 Å². The molecule has 1 aliphatic rings. The molecule has 3 N–H and O–H groups in total. The number of anilines is 1. The summed E-state index contributed by atoms with van der Waals surface area (Å²) in [6.07, 6.45) is 3.84. The highest BCUT2D eigenvalue weighted by Crippen LogP contribution is 2.19. The summed E-state index contributed by atoms with van der Waals surface area (Å²) in [4.78, 5) is 16.4. The van der Waals surface area contributed by atoms with Gasteiger partial charge in [-0.15, -0.1) is 0 Å². The number of benzene rings is 1. The van der Waals surface area contributed by atoms with Crippen LogP contribution in [0, 0.1) is 0 Å². The second-order valence-electron chi connectivity index (χ2n) is 6.01. The van der Waals surface area contributed by atoms with Gasteiger partial charge in [-0.25, -0.2) is 9.78 Å². The van der Waals surface area contributed by atoms with E-state index in [1.54, 1.807) is 0 Å². The summed E-state index contributed by atoms with van der Waals surface area (Å²) in [5.41, 5.74) is 3.52. The van der Waals surface area contributed by atoms with Crippen LogP contribution >= 0.6 is 0 Å². The minimum atomic E-state index is -0.123. The number of rotatable bonds is 6. The van der Waals surface area contributed by atoms with Crippen LogP contribution in [0.2, 0.25) is 0 Å². The van der Waals surface area contributed by atoms with Gasteiger partial charge in [0.2, 0.25) is 0 Å². The second kappa shape index (κ2) is 8.34. The van der Waals surface area contributed by atoms with Gasteiger partial charge in [0.15, 0.2) is 0 Å². The van der Waals surface area contributed by atoms with Crippen molar-refractivity contribution in [2.24, 2.45) is 0 Å². The quantitative estimate of drug-likeness (QED) is 0.765. The maximum absolute atomic E-state index is 11.8. The van der Waals surface area contributed by atoms with E-state index in [2.05, 4.69) is 45.2 Å². The molecule has 0 aliphatic carbocycles. The molecule has 0 radical (unpaired) electrons. The molecule has 0 spiro atoms. The predicted octanol–water partition coefficient (Wildman–Crippen LogP) is 2.52. The maximum atomic E-state index is 11.8. The lowest BCUT2D eigenvalue weighted by Crippen LogP contribution is -2.37. The van der Waals surface area contributed by atoms with Gasteiger partial charge in [0.05, 0.1) is 0 Å². The van der Waals surface area contributed by atoms with Gasteiger partial charge < -0.3 is 16.0 Å². The molecular formula is C19H24N4O. The van der Waals surface area contributed by atoms with Crippen molar-refractivity contribution in [1.82, 2.24) is 15.6 Å². The molecule has 1 aromatic carbocycles. The molecular weight excluding hydrogens is 300 g/mol. The number of nitrogens with one attached hydrogen (secondary N) is 3. The summed E-state index contributed by atoms with van der Waals surface area (Å²) in [6, 6.07) is 14.2. The zero-order valence-corrected chi connectivity index (χ0v) is 13.8. The summed E-state index contributed by atoms with van der Waals surface area (Å²) >= 11 is 0. The van der Waals surface area contributed by atoms with Crippen LogP contribution in [0.5, 0.6) is 0 Å². The average Bonchev–Trinajstić information content (AvgIpc) is 2.62. The second-order valence-corrected chi connectivity index (χ2v) is 6.01. The Kier molecular flexibility index (Phi) is 5.66. The summed E-state index contributed by atoms with van der Waals surface area (Å²) in [7, 11) is 0. The third-order valence-corrected chi connectivity index (χ3v) is 4.16. The summed E-state index contributed by atoms with van der Waals surface area (Å²) in [5.74, 6) is 1.01. The Balaban J connectivity index is 1.36. The first-order chi connectivity index (χ1) is 11.8. The smallest absolute Gasteiger partial charge is 0.314 e. The van der Waals surface area contributed by atoms with E-state index in [-0.39, 0.29) is 6.03 Å². The fourth-order valence-electron chi connectivity index (χ4n) is 2.84. The highest BCUT2D eigenvalue weighted by atomic mass is 16.2. The van der Waals surface area contributed by atoms with Gasteiger partial charge in [0.25, 0.3) is 0 Å². The lowest BCUT2D eigenvalue weighted by Gasteiger charge is -2.17. The maximum Gasteiger partial charge on any atom is 0.314 e. The largest absolute Gasteiger partial charge is 0.370 e. The minimum Gasteiger partial charge on any atom is -0.370 e. The molecule has 2 amide bonds. The molecule has 24 heavy (non-hydrogen) atoms. The third kappa shape index (κ3) is 4.72. The lowest BCUT2D eigenvalue weighted by molar-refractivity contribution is 0.241. The van der Waals surface area contributed by atoms with Crippen LogP contribution in [0.1, 0.15) is 23.2 Å². The van der Waals surface area contributed by atoms with Crippen LogP contribution in [-0.2, 0) is 19.3 Å². The topological polar surface area (TPSA) is 66.0 Å². The fourth-order valence-corrected chi connectivity index (χ4v) is 2.84. The van der Waals surface area contributed by atoms with E-state index in [1.807, 2.05) is 18.2 Å². The molecule has 3 rings (SSSR count). The first kappa shape index (κ1) is 16.3. The normalized spacial score (nSPS) is 12.8. The molecule has 126 valence electrons. The molecule has 0 unspecified atom stereocenters. The Hall–Kier alpha value is -2.56. The molecule has 0 fully saturated rings. The zero-order chi connectivity index (χ0) is 16.6. The standard InChI is InChI=1S/C19H24N4O/c24-19(21-13-10-15-5-2-1-3-6-15)22-14-11-17-9-8-16-7-4-12-20-18(16)23-17/h1-3,5-6,8-9H,4,7,10-14H2,(H,20,23)(H2,21,22,24). The number of nitrogens with zero attached hydrogens (tertiary/aromatic N) is 1. The van der Waals surface area contributed by atoms with Crippen molar-refractivity contribution in [1.29, 1.82) is 0 Å². The van der Waals surface area contributed by atoms with E-state index in [9.17, 15) is 4.79 Å². The van der Waals surface area contributed by atoms with Crippen molar-refractivity contribution in [2.75, 3.05) is 25.0 Å². The highest BCUT2D eigenvalue weighted by molar-refractivity contribution is 5.73. The number of carbonyl (C=O) groups excluding carboxylic acids is 1. The highest BCUT2D eigenvalue weighted by Gasteiger charge is 2.10. The van der Waals surface area contributed by atoms with E-state index in [0.717, 1.165) is 37.3 Å². The van der Waals surface area contributed by atoms with Crippen LogP contribution in [0.3, 0.4) is 0 Å². The van der Waals surface area contributed by atoms with E-state index in [1.165, 1.54) is 17.5 Å². The number of fused-ring (bicyclic) bond motifs is 1. The number of amides is 2. The van der Waals surface area contributed by atoms with Gasteiger partial charge in [-0.05, 0) is 36.5 Å². The van der Waals surface area contributed by atoms with Crippen LogP contribution in [0.25, 0.3) is 0 Å². The Labute approximate surface area is 142 Å². The number of hydrogen-bond acceptors (Lipinski definition) is 3. The van der Waals surface area contributed by atoms with Gasteiger partial charge in [0.1, 0.15) is 5.82 Å². The summed E-state index contributed by atoms with van der Waals surface area (Å²) in [5, 5.41) is 9.11. The molecule has 1 aliphatic heterocycles. The number of hydrogen-bond donors (Lipinski definition) is 3. The molecule has 0 saturated heterocycles. The van der Waals surface area contributed by atoms with Crippen LogP contribution in [0.15, 0.2) is 42.5 Å². The molecule has 1 aromatic heterocycles. The van der Waals surface area contributed by atoms with Crippen molar-refractivity contribution in [3.63, 3.8) is 0 Å². The first-order valence-electron chi connectivity index (χ1n) is 8.59. The number of carbonyl (C=O) groups is 1. The number of aromatic nitrogens is 1. The third-order valence-electron chi connectivity index (χ3n) is 4.16.